The highest BCUT2D eigenvalue weighted by atomic mass is 19.2. The summed E-state index contributed by atoms with van der Waals surface area (Å²) in [5.41, 5.74) is 5.12. The maximum Gasteiger partial charge on any atom is 0.201 e. The number of allylic oxidation sites excluding steroid dienone is 2. The van der Waals surface area contributed by atoms with Crippen molar-refractivity contribution in [3.63, 3.8) is 0 Å². The summed E-state index contributed by atoms with van der Waals surface area (Å²) < 4.78 is 34.0. The normalized spacial score (nSPS) is 17.8. The molecule has 0 amide bonds. The molecule has 0 unspecified atom stereocenters. The first-order valence-corrected chi connectivity index (χ1v) is 14.0. The van der Waals surface area contributed by atoms with Gasteiger partial charge in [-0.15, -0.1) is 0 Å². The molecule has 0 bridgehead atoms. The van der Waals surface area contributed by atoms with E-state index in [2.05, 4.69) is 55.5 Å². The van der Waals surface area contributed by atoms with Crippen molar-refractivity contribution in [2.75, 3.05) is 6.61 Å². The average Bonchev–Trinajstić information content (AvgIpc) is 2.94. The molecule has 1 fully saturated rings. The molecule has 3 aromatic rings. The molecule has 1 saturated carbocycles. The van der Waals surface area contributed by atoms with Gasteiger partial charge in [0.2, 0.25) is 5.82 Å². The Kier molecular flexibility index (Phi) is 9.93. The van der Waals surface area contributed by atoms with Crippen LogP contribution in [-0.4, -0.2) is 6.61 Å². The van der Waals surface area contributed by atoms with Gasteiger partial charge in [0.05, 0.1) is 6.61 Å². The van der Waals surface area contributed by atoms with Crippen LogP contribution in [0.2, 0.25) is 0 Å². The Morgan fingerprint density at radius 1 is 0.784 bits per heavy atom. The third-order valence-electron chi connectivity index (χ3n) is 7.66. The predicted molar refractivity (Wildman–Crippen MR) is 150 cm³/mol. The summed E-state index contributed by atoms with van der Waals surface area (Å²) in [6.45, 7) is 4.29. The minimum Gasteiger partial charge on any atom is -0.491 e. The monoisotopic (exact) mass is 502 g/mol. The maximum absolute atomic E-state index is 14.6. The zero-order valence-corrected chi connectivity index (χ0v) is 22.3. The van der Waals surface area contributed by atoms with Crippen LogP contribution in [0.1, 0.15) is 81.4 Å². The Morgan fingerprint density at radius 2 is 1.46 bits per heavy atom. The number of benzene rings is 3. The summed E-state index contributed by atoms with van der Waals surface area (Å²) in [5, 5.41) is 0. The van der Waals surface area contributed by atoms with Crippen LogP contribution in [0.4, 0.5) is 8.78 Å². The number of rotatable bonds is 11. The molecule has 0 N–H and O–H groups in total. The Morgan fingerprint density at radius 3 is 2.11 bits per heavy atom. The molecule has 4 rings (SSSR count). The fourth-order valence-corrected chi connectivity index (χ4v) is 5.39. The van der Waals surface area contributed by atoms with Gasteiger partial charge in [0.15, 0.2) is 11.6 Å². The van der Waals surface area contributed by atoms with Gasteiger partial charge in [-0.3, -0.25) is 0 Å². The predicted octanol–water partition coefficient (Wildman–Crippen LogP) is 9.84. The van der Waals surface area contributed by atoms with Gasteiger partial charge in [0.25, 0.3) is 0 Å². The molecule has 3 heteroatoms. The van der Waals surface area contributed by atoms with Gasteiger partial charge in [-0.25, -0.2) is 4.39 Å². The molecule has 0 heterocycles. The fourth-order valence-electron chi connectivity index (χ4n) is 5.39. The van der Waals surface area contributed by atoms with E-state index in [4.69, 9.17) is 4.74 Å². The number of unbranched alkanes of at least 4 members (excludes halogenated alkanes) is 1. The van der Waals surface area contributed by atoms with E-state index in [1.165, 1.54) is 67.7 Å². The molecule has 0 radical (unpaired) electrons. The van der Waals surface area contributed by atoms with E-state index in [9.17, 15) is 8.78 Å². The molecular weight excluding hydrogens is 462 g/mol. The lowest BCUT2D eigenvalue weighted by molar-refractivity contribution is 0.314. The maximum atomic E-state index is 14.6. The molecule has 0 spiro atoms. The lowest BCUT2D eigenvalue weighted by Crippen LogP contribution is -2.11. The van der Waals surface area contributed by atoms with Crippen LogP contribution in [-0.2, 0) is 12.8 Å². The van der Waals surface area contributed by atoms with Crippen LogP contribution in [0.5, 0.6) is 5.75 Å². The van der Waals surface area contributed by atoms with Gasteiger partial charge in [-0.05, 0) is 105 Å². The Labute approximate surface area is 221 Å². The van der Waals surface area contributed by atoms with Gasteiger partial charge in [0, 0.05) is 5.56 Å². The second-order valence-corrected chi connectivity index (χ2v) is 10.3. The second-order valence-electron chi connectivity index (χ2n) is 10.3. The van der Waals surface area contributed by atoms with E-state index >= 15 is 0 Å². The summed E-state index contributed by atoms with van der Waals surface area (Å²) in [6.07, 6.45) is 15.4. The van der Waals surface area contributed by atoms with E-state index in [1.54, 1.807) is 13.0 Å². The molecule has 3 aromatic carbocycles. The van der Waals surface area contributed by atoms with E-state index in [-0.39, 0.29) is 11.3 Å². The largest absolute Gasteiger partial charge is 0.491 e. The van der Waals surface area contributed by atoms with Gasteiger partial charge in [0.1, 0.15) is 0 Å². The smallest absolute Gasteiger partial charge is 0.201 e. The number of aryl methyl sites for hydroxylation is 2. The third kappa shape index (κ3) is 7.31. The lowest BCUT2D eigenvalue weighted by Gasteiger charge is -2.27. The highest BCUT2D eigenvalue weighted by Gasteiger charge is 2.21. The van der Waals surface area contributed by atoms with Crippen molar-refractivity contribution in [3.8, 4) is 16.9 Å². The minimum absolute atomic E-state index is 0.0392. The molecule has 0 atom stereocenters. The summed E-state index contributed by atoms with van der Waals surface area (Å²) in [6, 6.07) is 20.2. The molecule has 0 saturated heterocycles. The van der Waals surface area contributed by atoms with Crippen LogP contribution in [0.25, 0.3) is 11.1 Å². The molecule has 37 heavy (non-hydrogen) atoms. The second kappa shape index (κ2) is 13.6. The molecular formula is C34H40F2O. The van der Waals surface area contributed by atoms with E-state index in [0.29, 0.717) is 24.0 Å². The van der Waals surface area contributed by atoms with Gasteiger partial charge in [-0.2, -0.15) is 4.39 Å². The lowest BCUT2D eigenvalue weighted by atomic mass is 9.78. The molecule has 1 aliphatic rings. The molecule has 0 aliphatic heterocycles. The van der Waals surface area contributed by atoms with E-state index in [0.717, 1.165) is 12.8 Å². The van der Waals surface area contributed by atoms with Crippen molar-refractivity contribution < 1.29 is 13.5 Å². The van der Waals surface area contributed by atoms with E-state index in [1.807, 2.05) is 12.1 Å². The minimum atomic E-state index is -0.921. The fraction of sp³-hybridized carbons (Fsp3) is 0.412. The highest BCUT2D eigenvalue weighted by molar-refractivity contribution is 5.65. The van der Waals surface area contributed by atoms with Crippen LogP contribution in [0.15, 0.2) is 72.8 Å². The van der Waals surface area contributed by atoms with Crippen molar-refractivity contribution in [2.24, 2.45) is 5.92 Å². The van der Waals surface area contributed by atoms with Gasteiger partial charge >= 0.3 is 0 Å². The SMILES string of the molecule is CCCCc1ccc(CCC=CC2CCC(c3ccc(-c4ccc(OCC)c(F)c4F)cc3)CC2)cc1. The van der Waals surface area contributed by atoms with Crippen molar-refractivity contribution in [1.82, 2.24) is 0 Å². The molecule has 0 aromatic heterocycles. The summed E-state index contributed by atoms with van der Waals surface area (Å²) in [5.74, 6) is -0.618. The first-order chi connectivity index (χ1) is 18.1. The topological polar surface area (TPSA) is 9.23 Å². The number of hydrogen-bond donors (Lipinski definition) is 0. The standard InChI is InChI=1S/C34H40F2O/c1-3-5-8-25-11-13-26(14-12-25)9-6-7-10-27-15-17-28(18-16-27)29-19-21-30(22-20-29)31-23-24-32(37-4-2)34(36)33(31)35/h7,10-14,19-24,27-28H,3-6,8-9,15-18H2,1-2H3. The van der Waals surface area contributed by atoms with Crippen molar-refractivity contribution in [3.05, 3.63) is 101 Å². The Bertz CT molecular complexity index is 1140. The molecule has 1 aliphatic carbocycles. The van der Waals surface area contributed by atoms with Crippen LogP contribution in [0, 0.1) is 17.6 Å². The Hall–Kier alpha value is -2.94. The first-order valence-electron chi connectivity index (χ1n) is 14.0. The summed E-state index contributed by atoms with van der Waals surface area (Å²) in [4.78, 5) is 0. The summed E-state index contributed by atoms with van der Waals surface area (Å²) in [7, 11) is 0. The van der Waals surface area contributed by atoms with Crippen molar-refractivity contribution in [1.29, 1.82) is 0 Å². The van der Waals surface area contributed by atoms with Crippen LogP contribution in [0.3, 0.4) is 0 Å². The zero-order chi connectivity index (χ0) is 26.0. The average molecular weight is 503 g/mol. The summed E-state index contributed by atoms with van der Waals surface area (Å²) >= 11 is 0. The van der Waals surface area contributed by atoms with Crippen LogP contribution < -0.4 is 4.74 Å². The van der Waals surface area contributed by atoms with Crippen molar-refractivity contribution in [2.45, 2.75) is 77.6 Å². The highest BCUT2D eigenvalue weighted by Crippen LogP contribution is 2.37. The zero-order valence-electron chi connectivity index (χ0n) is 22.3. The number of ether oxygens (including phenoxy) is 1. The Balaban J connectivity index is 1.24. The molecule has 1 nitrogen and oxygen atoms in total. The number of hydrogen-bond acceptors (Lipinski definition) is 1. The van der Waals surface area contributed by atoms with Gasteiger partial charge in [-0.1, -0.05) is 74.0 Å². The van der Waals surface area contributed by atoms with Gasteiger partial charge < -0.3 is 4.74 Å². The van der Waals surface area contributed by atoms with E-state index < -0.39 is 11.6 Å². The number of halogens is 2. The first kappa shape index (κ1) is 27.1. The molecule has 196 valence electrons. The van der Waals surface area contributed by atoms with Crippen molar-refractivity contribution >= 4 is 0 Å². The third-order valence-corrected chi connectivity index (χ3v) is 7.66. The quantitative estimate of drug-likeness (QED) is 0.237. The van der Waals surface area contributed by atoms with Crippen LogP contribution >= 0.6 is 0 Å².